The second-order valence-electron chi connectivity index (χ2n) is 9.03. The van der Waals surface area contributed by atoms with E-state index in [1.54, 1.807) is 0 Å². The van der Waals surface area contributed by atoms with Gasteiger partial charge >= 0.3 is 0 Å². The molecule has 0 amide bonds. The van der Waals surface area contributed by atoms with Gasteiger partial charge in [-0.05, 0) is 47.9 Å². The number of nitrogens with zero attached hydrogens (tertiary/aromatic N) is 4. The molecule has 2 aliphatic rings. The van der Waals surface area contributed by atoms with Crippen LogP contribution in [0.15, 0.2) is 59.7 Å². The van der Waals surface area contributed by atoms with E-state index in [2.05, 4.69) is 62.0 Å². The summed E-state index contributed by atoms with van der Waals surface area (Å²) in [7, 11) is 0. The topological polar surface area (TPSA) is 49.8 Å². The van der Waals surface area contributed by atoms with Gasteiger partial charge in [-0.3, -0.25) is 14.8 Å². The summed E-state index contributed by atoms with van der Waals surface area (Å²) in [6.07, 6.45) is 7.48. The number of hydrogen-bond donors (Lipinski definition) is 1. The van der Waals surface area contributed by atoms with E-state index in [9.17, 15) is 0 Å². The summed E-state index contributed by atoms with van der Waals surface area (Å²) in [5, 5.41) is 2.19. The van der Waals surface area contributed by atoms with Gasteiger partial charge in [-0.2, -0.15) is 0 Å². The minimum absolute atomic E-state index is 0.708. The zero-order valence-electron chi connectivity index (χ0n) is 19.1. The Morgan fingerprint density at radius 1 is 0.970 bits per heavy atom. The van der Waals surface area contributed by atoms with Crippen molar-refractivity contribution >= 4 is 34.3 Å². The Bertz CT molecular complexity index is 1170. The first kappa shape index (κ1) is 22.4. The number of aryl methyl sites for hydroxylation is 1. The highest BCUT2D eigenvalue weighted by atomic mass is 35.5. The van der Waals surface area contributed by atoms with Crippen molar-refractivity contribution in [1.82, 2.24) is 14.4 Å². The van der Waals surface area contributed by atoms with Crippen LogP contribution in [0.25, 0.3) is 16.5 Å². The maximum Gasteiger partial charge on any atom is 0.0580 e. The largest absolute Gasteiger partial charge is 0.347 e. The summed E-state index contributed by atoms with van der Waals surface area (Å²) in [4.78, 5) is 9.47. The summed E-state index contributed by atoms with van der Waals surface area (Å²) >= 11 is 6.36. The van der Waals surface area contributed by atoms with Gasteiger partial charge in [-0.1, -0.05) is 41.9 Å². The molecule has 0 saturated carbocycles. The predicted octanol–water partition coefficient (Wildman–Crippen LogP) is 4.43. The number of piperazine rings is 1. The normalized spacial score (nSPS) is 17.2. The Balaban J connectivity index is 1.28. The molecule has 0 aliphatic carbocycles. The van der Waals surface area contributed by atoms with Crippen molar-refractivity contribution in [2.24, 2.45) is 10.7 Å². The fraction of sp³-hybridized carbons (Fsp3) is 0.370. The van der Waals surface area contributed by atoms with Crippen LogP contribution in [0.5, 0.6) is 0 Å². The van der Waals surface area contributed by atoms with Crippen LogP contribution in [0.2, 0.25) is 5.02 Å². The van der Waals surface area contributed by atoms with Gasteiger partial charge in [-0.25, -0.2) is 0 Å². The van der Waals surface area contributed by atoms with E-state index in [0.717, 1.165) is 63.8 Å². The Kier molecular flexibility index (Phi) is 6.93. The molecule has 3 aromatic rings. The van der Waals surface area contributed by atoms with Crippen molar-refractivity contribution < 1.29 is 0 Å². The maximum absolute atomic E-state index is 6.36. The van der Waals surface area contributed by atoms with Gasteiger partial charge in [0.2, 0.25) is 0 Å². The van der Waals surface area contributed by atoms with Crippen molar-refractivity contribution in [3.63, 3.8) is 0 Å². The third kappa shape index (κ3) is 5.07. The highest BCUT2D eigenvalue weighted by molar-refractivity contribution is 6.31. The molecule has 1 saturated heterocycles. The first-order valence-electron chi connectivity index (χ1n) is 11.9. The van der Waals surface area contributed by atoms with E-state index in [4.69, 9.17) is 17.3 Å². The van der Waals surface area contributed by atoms with Crippen molar-refractivity contribution in [3.05, 3.63) is 76.5 Å². The lowest BCUT2D eigenvalue weighted by atomic mass is 10.0. The van der Waals surface area contributed by atoms with Crippen LogP contribution in [-0.2, 0) is 19.6 Å². The van der Waals surface area contributed by atoms with Crippen LogP contribution in [0.4, 0.5) is 0 Å². The summed E-state index contributed by atoms with van der Waals surface area (Å²) < 4.78 is 2.35. The molecular weight excluding hydrogens is 430 g/mol. The Hall–Kier alpha value is -2.44. The van der Waals surface area contributed by atoms with Gasteiger partial charge < -0.3 is 10.3 Å². The lowest BCUT2D eigenvalue weighted by molar-refractivity contribution is 0.122. The molecule has 2 aliphatic heterocycles. The molecule has 5 nitrogen and oxygen atoms in total. The van der Waals surface area contributed by atoms with Crippen molar-refractivity contribution in [1.29, 1.82) is 0 Å². The molecule has 6 heteroatoms. The van der Waals surface area contributed by atoms with Crippen LogP contribution >= 0.6 is 11.6 Å². The smallest absolute Gasteiger partial charge is 0.0580 e. The minimum Gasteiger partial charge on any atom is -0.347 e. The van der Waals surface area contributed by atoms with Gasteiger partial charge in [0.05, 0.1) is 6.54 Å². The molecule has 0 unspecified atom stereocenters. The van der Waals surface area contributed by atoms with Gasteiger partial charge in [0.15, 0.2) is 0 Å². The number of halogens is 1. The molecule has 0 atom stereocenters. The molecule has 1 aromatic heterocycles. The summed E-state index contributed by atoms with van der Waals surface area (Å²) in [5.41, 5.74) is 12.2. The number of allylic oxidation sites excluding steroid dienone is 1. The third-order valence-corrected chi connectivity index (χ3v) is 7.10. The van der Waals surface area contributed by atoms with Gasteiger partial charge in [0.1, 0.15) is 0 Å². The third-order valence-electron chi connectivity index (χ3n) is 6.73. The highest BCUT2D eigenvalue weighted by Gasteiger charge is 2.19. The molecule has 0 bridgehead atoms. The first-order chi connectivity index (χ1) is 16.2. The fourth-order valence-corrected chi connectivity index (χ4v) is 5.08. The van der Waals surface area contributed by atoms with Crippen LogP contribution < -0.4 is 5.73 Å². The van der Waals surface area contributed by atoms with Crippen LogP contribution in [0.3, 0.4) is 0 Å². The Morgan fingerprint density at radius 3 is 2.48 bits per heavy atom. The van der Waals surface area contributed by atoms with Crippen molar-refractivity contribution in [3.8, 4) is 0 Å². The summed E-state index contributed by atoms with van der Waals surface area (Å²) in [5.74, 6) is 0. The van der Waals surface area contributed by atoms with Gasteiger partial charge in [-0.15, -0.1) is 0 Å². The number of nitrogens with two attached hydrogens (primary N) is 1. The number of rotatable bonds is 8. The summed E-state index contributed by atoms with van der Waals surface area (Å²) in [6.45, 7) is 8.63. The van der Waals surface area contributed by atoms with E-state index >= 15 is 0 Å². The lowest BCUT2D eigenvalue weighted by Gasteiger charge is -2.35. The molecule has 0 radical (unpaired) electrons. The van der Waals surface area contributed by atoms with Crippen molar-refractivity contribution in [2.45, 2.75) is 26.1 Å². The molecule has 5 rings (SSSR count). The average molecular weight is 462 g/mol. The zero-order chi connectivity index (χ0) is 22.6. The number of fused-ring (bicyclic) bond motifs is 1. The molecular formula is C27H32ClN5. The molecule has 33 heavy (non-hydrogen) atoms. The summed E-state index contributed by atoms with van der Waals surface area (Å²) in [6, 6.07) is 15.1. The number of aliphatic imine (C=N–C) groups is 1. The van der Waals surface area contributed by atoms with E-state index in [1.165, 1.54) is 33.2 Å². The second-order valence-corrected chi connectivity index (χ2v) is 9.43. The van der Waals surface area contributed by atoms with Gasteiger partial charge in [0, 0.05) is 79.7 Å². The number of aromatic nitrogens is 1. The molecule has 3 heterocycles. The average Bonchev–Trinajstić information content (AvgIpc) is 3.48. The van der Waals surface area contributed by atoms with E-state index < -0.39 is 0 Å². The zero-order valence-corrected chi connectivity index (χ0v) is 19.8. The maximum atomic E-state index is 6.36. The quantitative estimate of drug-likeness (QED) is 0.540. The van der Waals surface area contributed by atoms with Gasteiger partial charge in [0.25, 0.3) is 0 Å². The SMILES string of the molecule is NCCCn1cc(C2=CCN=C2)c2cc(CN3CCN(Cc4ccccc4Cl)CC3)ccc21. The van der Waals surface area contributed by atoms with Crippen LogP contribution in [0, 0.1) is 0 Å². The van der Waals surface area contributed by atoms with E-state index in [1.807, 2.05) is 18.3 Å². The minimum atomic E-state index is 0.708. The first-order valence-corrected chi connectivity index (χ1v) is 12.3. The monoisotopic (exact) mass is 461 g/mol. The highest BCUT2D eigenvalue weighted by Crippen LogP contribution is 2.30. The number of hydrogen-bond acceptors (Lipinski definition) is 4. The Labute approximate surface area is 201 Å². The van der Waals surface area contributed by atoms with E-state index in [-0.39, 0.29) is 0 Å². The van der Waals surface area contributed by atoms with Crippen LogP contribution in [0.1, 0.15) is 23.1 Å². The van der Waals surface area contributed by atoms with Crippen LogP contribution in [-0.4, -0.2) is 59.9 Å². The molecule has 1 fully saturated rings. The fourth-order valence-electron chi connectivity index (χ4n) is 4.88. The molecule has 0 spiro atoms. The Morgan fingerprint density at radius 2 is 1.76 bits per heavy atom. The lowest BCUT2D eigenvalue weighted by Crippen LogP contribution is -2.45. The molecule has 2 N–H and O–H groups in total. The standard InChI is InChI=1S/C27H32ClN5/c28-26-5-2-1-4-23(26)19-32-14-12-31(13-15-32)18-21-6-7-27-24(16-21)25(22-8-10-30-17-22)20-33(27)11-3-9-29/h1-2,4-8,16-17,20H,3,9-15,18-19,29H2. The number of benzene rings is 2. The molecule has 2 aromatic carbocycles. The van der Waals surface area contributed by atoms with E-state index in [0.29, 0.717) is 6.54 Å². The predicted molar refractivity (Wildman–Crippen MR) is 139 cm³/mol. The molecule has 172 valence electrons. The second kappa shape index (κ2) is 10.2. The van der Waals surface area contributed by atoms with Crippen molar-refractivity contribution in [2.75, 3.05) is 39.3 Å².